The van der Waals surface area contributed by atoms with Gasteiger partial charge in [0.1, 0.15) is 0 Å². The van der Waals surface area contributed by atoms with Crippen molar-refractivity contribution in [2.75, 3.05) is 11.9 Å². The number of benzene rings is 2. The Morgan fingerprint density at radius 1 is 0.913 bits per heavy atom. The Labute approximate surface area is 257 Å². The molecule has 1 fully saturated rings. The first-order valence-corrected chi connectivity index (χ1v) is 14.4. The van der Waals surface area contributed by atoms with Crippen molar-refractivity contribution in [1.82, 2.24) is 25.5 Å². The van der Waals surface area contributed by atoms with E-state index in [0.717, 1.165) is 29.8 Å². The van der Waals surface area contributed by atoms with E-state index in [9.17, 15) is 49.4 Å². The first-order chi connectivity index (χ1) is 21.4. The molecule has 2 aromatic carbocycles. The lowest BCUT2D eigenvalue weighted by Crippen LogP contribution is -2.30. The minimum atomic E-state index is -4.99. The number of hydrogen-bond donors (Lipinski definition) is 3. The topological polar surface area (TPSA) is 105 Å². The van der Waals surface area contributed by atoms with Gasteiger partial charge in [-0.1, -0.05) is 11.2 Å². The molecular weight excluding hydrogens is 635 g/mol. The van der Waals surface area contributed by atoms with Gasteiger partial charge in [0.25, 0.3) is 5.95 Å². The molecular formula is C29H31F9N6O2. The molecule has 17 heteroatoms. The van der Waals surface area contributed by atoms with E-state index in [1.54, 1.807) is 6.92 Å². The number of carboxylic acid groups (broad SMARTS) is 1. The molecule has 1 atom stereocenters. The van der Waals surface area contributed by atoms with Gasteiger partial charge in [-0.3, -0.25) is 4.79 Å². The lowest BCUT2D eigenvalue weighted by Gasteiger charge is -2.28. The first-order valence-electron chi connectivity index (χ1n) is 14.4. The number of tetrazole rings is 1. The van der Waals surface area contributed by atoms with Crippen LogP contribution in [-0.2, 0) is 42.8 Å². The number of nitrogens with one attached hydrogen (secondary N) is 2. The van der Waals surface area contributed by atoms with E-state index < -0.39 is 41.2 Å². The summed E-state index contributed by atoms with van der Waals surface area (Å²) in [5.74, 6) is -1.06. The highest BCUT2D eigenvalue weighted by Crippen LogP contribution is 2.37. The molecule has 252 valence electrons. The van der Waals surface area contributed by atoms with Gasteiger partial charge >= 0.3 is 24.5 Å². The molecule has 3 aromatic rings. The molecule has 1 unspecified atom stereocenters. The lowest BCUT2D eigenvalue weighted by atomic mass is 9.82. The van der Waals surface area contributed by atoms with Gasteiger partial charge in [-0.05, 0) is 104 Å². The molecule has 0 radical (unpaired) electrons. The van der Waals surface area contributed by atoms with Crippen LogP contribution in [0.1, 0.15) is 72.0 Å². The number of halogens is 9. The monoisotopic (exact) mass is 666 g/mol. The second-order valence-electron chi connectivity index (χ2n) is 11.3. The summed E-state index contributed by atoms with van der Waals surface area (Å²) >= 11 is 0. The minimum Gasteiger partial charge on any atom is -0.481 e. The molecule has 0 bridgehead atoms. The molecule has 0 aliphatic heterocycles. The van der Waals surface area contributed by atoms with Crippen molar-refractivity contribution in [2.45, 2.75) is 76.7 Å². The van der Waals surface area contributed by atoms with Crippen LogP contribution in [0.15, 0.2) is 36.4 Å². The molecule has 4 rings (SSSR count). The highest BCUT2D eigenvalue weighted by Gasteiger charge is 2.37. The summed E-state index contributed by atoms with van der Waals surface area (Å²) in [6, 6.07) is 4.22. The molecule has 0 amide bonds. The summed E-state index contributed by atoms with van der Waals surface area (Å²) in [5, 5.41) is 26.8. The van der Waals surface area contributed by atoms with Crippen molar-refractivity contribution >= 4 is 11.9 Å². The number of alkyl halides is 9. The maximum atomic E-state index is 13.5. The third-order valence-corrected chi connectivity index (χ3v) is 7.98. The number of nitrogens with zero attached hydrogens (tertiary/aromatic N) is 4. The molecule has 1 aliphatic carbocycles. The number of carboxylic acids is 1. The molecule has 46 heavy (non-hydrogen) atoms. The molecule has 0 spiro atoms. The Bertz CT molecular complexity index is 1460. The van der Waals surface area contributed by atoms with Gasteiger partial charge < -0.3 is 15.7 Å². The summed E-state index contributed by atoms with van der Waals surface area (Å²) in [5.41, 5.74) is -3.17. The van der Waals surface area contributed by atoms with E-state index in [1.165, 1.54) is 6.07 Å². The van der Waals surface area contributed by atoms with Gasteiger partial charge in [0.05, 0.1) is 29.2 Å². The van der Waals surface area contributed by atoms with Crippen molar-refractivity contribution in [2.24, 2.45) is 11.8 Å². The normalized spacial score (nSPS) is 18.4. The number of aromatic nitrogens is 4. The molecule has 0 saturated heterocycles. The number of carbonyl (C=O) groups is 1. The van der Waals surface area contributed by atoms with Crippen LogP contribution < -0.4 is 10.6 Å². The molecule has 1 aromatic heterocycles. The smallest absolute Gasteiger partial charge is 0.416 e. The van der Waals surface area contributed by atoms with Gasteiger partial charge in [0, 0.05) is 12.6 Å². The Hall–Kier alpha value is -3.89. The third-order valence-electron chi connectivity index (χ3n) is 7.98. The van der Waals surface area contributed by atoms with E-state index in [1.807, 2.05) is 0 Å². The van der Waals surface area contributed by atoms with Gasteiger partial charge in [0.2, 0.25) is 0 Å². The van der Waals surface area contributed by atoms with Crippen LogP contribution >= 0.6 is 0 Å². The number of aryl methyl sites for hydroxylation is 2. The zero-order valence-electron chi connectivity index (χ0n) is 24.4. The molecule has 8 nitrogen and oxygen atoms in total. The van der Waals surface area contributed by atoms with Crippen molar-refractivity contribution in [3.8, 4) is 0 Å². The van der Waals surface area contributed by atoms with Crippen molar-refractivity contribution in [3.05, 3.63) is 69.8 Å². The maximum Gasteiger partial charge on any atom is 0.416 e. The van der Waals surface area contributed by atoms with E-state index in [4.69, 9.17) is 0 Å². The number of hydrogen-bond acceptors (Lipinski definition) is 6. The summed E-state index contributed by atoms with van der Waals surface area (Å²) in [7, 11) is 0. The predicted molar refractivity (Wildman–Crippen MR) is 146 cm³/mol. The molecule has 3 N–H and O–H groups in total. The summed E-state index contributed by atoms with van der Waals surface area (Å²) in [6.07, 6.45) is -12.3. The maximum absolute atomic E-state index is 13.5. The van der Waals surface area contributed by atoms with E-state index in [-0.39, 0.29) is 60.5 Å². The van der Waals surface area contributed by atoms with Crippen LogP contribution in [0, 0.1) is 11.8 Å². The fourth-order valence-electron chi connectivity index (χ4n) is 5.40. The highest BCUT2D eigenvalue weighted by molar-refractivity contribution is 5.70. The number of anilines is 1. The largest absolute Gasteiger partial charge is 0.481 e. The van der Waals surface area contributed by atoms with Crippen LogP contribution in [0.5, 0.6) is 0 Å². The molecule has 1 heterocycles. The van der Waals surface area contributed by atoms with Crippen LogP contribution in [0.2, 0.25) is 0 Å². The van der Waals surface area contributed by atoms with E-state index in [2.05, 4.69) is 26.0 Å². The average molecular weight is 667 g/mol. The van der Waals surface area contributed by atoms with E-state index in [0.29, 0.717) is 37.1 Å². The molecule has 1 aliphatic rings. The number of rotatable bonds is 11. The standard InChI is InChI=1S/C29H31F9N6O2/c1-16(39-14-17-2-4-19(5-3-17)25(45)46)24-7-6-21(27(30,31)32)12-20(24)15-40-26-41-43-44(42-26)9-8-18-10-22(28(33,34)35)13-23(11-18)29(36,37)38/h6-7,10-13,16-17,19,39H,2-5,8-9,14-15H2,1H3,(H,40,42)(H,45,46). The molecule has 1 saturated carbocycles. The van der Waals surface area contributed by atoms with Crippen molar-refractivity contribution in [1.29, 1.82) is 0 Å². The first kappa shape index (κ1) is 35.0. The third kappa shape index (κ3) is 9.33. The Morgan fingerprint density at radius 3 is 2.09 bits per heavy atom. The Kier molecular flexibility index (Phi) is 10.5. The van der Waals surface area contributed by atoms with Crippen LogP contribution in [0.25, 0.3) is 0 Å². The Balaban J connectivity index is 1.41. The second-order valence-corrected chi connectivity index (χ2v) is 11.3. The van der Waals surface area contributed by atoms with Crippen LogP contribution in [0.3, 0.4) is 0 Å². The fraction of sp³-hybridized carbons (Fsp3) is 0.517. The summed E-state index contributed by atoms with van der Waals surface area (Å²) in [4.78, 5) is 12.2. The number of aliphatic carboxylic acids is 1. The fourth-order valence-corrected chi connectivity index (χ4v) is 5.40. The zero-order chi connectivity index (χ0) is 33.9. The van der Waals surface area contributed by atoms with Crippen molar-refractivity contribution < 1.29 is 49.4 Å². The minimum absolute atomic E-state index is 0.0318. The SMILES string of the molecule is CC(NCC1CCC(C(=O)O)CC1)c1ccc(C(F)(F)F)cc1CNc1nnn(CCc2cc(C(F)(F)F)cc(C(F)(F)F)c2)n1. The zero-order valence-corrected chi connectivity index (χ0v) is 24.4. The quantitative estimate of drug-likeness (QED) is 0.187. The Morgan fingerprint density at radius 2 is 1.52 bits per heavy atom. The van der Waals surface area contributed by atoms with Crippen LogP contribution in [-0.4, -0.2) is 37.8 Å². The van der Waals surface area contributed by atoms with Gasteiger partial charge in [0.15, 0.2) is 0 Å². The highest BCUT2D eigenvalue weighted by atomic mass is 19.4. The van der Waals surface area contributed by atoms with Crippen molar-refractivity contribution in [3.63, 3.8) is 0 Å². The summed E-state index contributed by atoms with van der Waals surface area (Å²) in [6.45, 7) is 1.97. The summed E-state index contributed by atoms with van der Waals surface area (Å²) < 4.78 is 120. The van der Waals surface area contributed by atoms with Crippen LogP contribution in [0.4, 0.5) is 45.5 Å². The van der Waals surface area contributed by atoms with Gasteiger partial charge in [-0.25, -0.2) is 0 Å². The van der Waals surface area contributed by atoms with Gasteiger partial charge in [-0.15, -0.1) is 5.10 Å². The predicted octanol–water partition coefficient (Wildman–Crippen LogP) is 7.13. The average Bonchev–Trinajstić information content (AvgIpc) is 3.44. The second kappa shape index (κ2) is 13.8. The van der Waals surface area contributed by atoms with E-state index >= 15 is 0 Å². The lowest BCUT2D eigenvalue weighted by molar-refractivity contribution is -0.144. The van der Waals surface area contributed by atoms with Gasteiger partial charge in [-0.2, -0.15) is 44.3 Å².